The van der Waals surface area contributed by atoms with Crippen LogP contribution in [0.15, 0.2) is 0 Å². The lowest BCUT2D eigenvalue weighted by atomic mass is 10.1. The van der Waals surface area contributed by atoms with Gasteiger partial charge < -0.3 is 14.4 Å². The van der Waals surface area contributed by atoms with Gasteiger partial charge in [-0.2, -0.15) is 0 Å². The smallest absolute Gasteiger partial charge is 0.188 e. The lowest BCUT2D eigenvalue weighted by Crippen LogP contribution is -2.19. The van der Waals surface area contributed by atoms with Crippen LogP contribution in [-0.2, 0) is 19.2 Å². The highest BCUT2D eigenvalue weighted by molar-refractivity contribution is 8.13. The van der Waals surface area contributed by atoms with Gasteiger partial charge in [0.1, 0.15) is 20.4 Å². The number of thioether (sulfide) groups is 1. The van der Waals surface area contributed by atoms with Gasteiger partial charge in [-0.25, -0.2) is 0 Å². The maximum Gasteiger partial charge on any atom is 0.188 e. The molecule has 0 heterocycles. The summed E-state index contributed by atoms with van der Waals surface area (Å²) in [5.41, 5.74) is 0. The molecule has 0 atom stereocenters. The van der Waals surface area contributed by atoms with Gasteiger partial charge in [-0.1, -0.05) is 70.1 Å². The Morgan fingerprint density at radius 2 is 1.30 bits per heavy atom. The molecule has 4 nitrogen and oxygen atoms in total. The predicted octanol–water partition coefficient (Wildman–Crippen LogP) is 4.78. The maximum atomic E-state index is 11.6. The Bertz CT molecular complexity index is 240. The second-order valence-electron chi connectivity index (χ2n) is 6.05. The average Bonchev–Trinajstić information content (AvgIpc) is 2.56. The van der Waals surface area contributed by atoms with Crippen molar-refractivity contribution in [3.8, 4) is 0 Å². The summed E-state index contributed by atoms with van der Waals surface area (Å²) >= 11 is 1.56. The van der Waals surface area contributed by atoms with Gasteiger partial charge in [-0.3, -0.25) is 4.79 Å². The number of rotatable bonds is 10. The predicted molar refractivity (Wildman–Crippen MR) is 105 cm³/mol. The third-order valence-corrected chi connectivity index (χ3v) is 5.69. The first kappa shape index (κ1) is 30.2. The molecule has 0 aliphatic rings. The van der Waals surface area contributed by atoms with Crippen LogP contribution in [0.2, 0.25) is 25.7 Å². The second-order valence-corrected chi connectivity index (χ2v) is 12.8. The van der Waals surface area contributed by atoms with Crippen molar-refractivity contribution in [2.75, 3.05) is 5.75 Å². The summed E-state index contributed by atoms with van der Waals surface area (Å²) in [6.45, 7) is 15.4. The molecule has 0 aliphatic heterocycles. The monoisotopic (exact) mass is 364 g/mol. The van der Waals surface area contributed by atoms with E-state index in [2.05, 4.69) is 26.6 Å². The van der Waals surface area contributed by atoms with Gasteiger partial charge in [0.2, 0.25) is 0 Å². The van der Waals surface area contributed by atoms with E-state index in [0.29, 0.717) is 5.12 Å². The highest BCUT2D eigenvalue weighted by Crippen LogP contribution is 2.17. The van der Waals surface area contributed by atoms with E-state index in [9.17, 15) is 4.79 Å². The Balaban J connectivity index is -0.000000267. The third-order valence-electron chi connectivity index (χ3n) is 2.82. The fourth-order valence-electron chi connectivity index (χ4n) is 1.73. The maximum absolute atomic E-state index is 11.6. The van der Waals surface area contributed by atoms with Crippen molar-refractivity contribution < 1.29 is 19.2 Å². The molecule has 0 aromatic rings. The van der Waals surface area contributed by atoms with Crippen molar-refractivity contribution in [2.24, 2.45) is 0 Å². The van der Waals surface area contributed by atoms with Gasteiger partial charge in [0.25, 0.3) is 0 Å². The molecule has 6 heteroatoms. The van der Waals surface area contributed by atoms with Crippen LogP contribution in [-0.4, -0.2) is 39.3 Å². The van der Waals surface area contributed by atoms with Crippen LogP contribution >= 0.6 is 11.8 Å². The molecule has 0 spiro atoms. The molecule has 0 radical (unpaired) electrons. The summed E-state index contributed by atoms with van der Waals surface area (Å²) < 4.78 is 0. The molecule has 0 fully saturated rings. The van der Waals surface area contributed by atoms with E-state index < -0.39 is 8.07 Å². The largest absolute Gasteiger partial charge is 0.307 e. The van der Waals surface area contributed by atoms with Crippen LogP contribution in [0.1, 0.15) is 51.9 Å². The van der Waals surface area contributed by atoms with Crippen LogP contribution in [0.4, 0.5) is 0 Å². The zero-order valence-corrected chi connectivity index (χ0v) is 17.3. The van der Waals surface area contributed by atoms with Crippen LogP contribution in [0.3, 0.4) is 0 Å². The minimum atomic E-state index is -0.894. The van der Waals surface area contributed by atoms with Gasteiger partial charge in [0.05, 0.1) is 0 Å². The van der Waals surface area contributed by atoms with Gasteiger partial charge in [-0.05, 0) is 12.8 Å². The van der Waals surface area contributed by atoms with Gasteiger partial charge in [0.15, 0.2) is 5.12 Å². The lowest BCUT2D eigenvalue weighted by molar-refractivity contribution is -0.111. The molecule has 23 heavy (non-hydrogen) atoms. The first-order valence-electron chi connectivity index (χ1n) is 7.98. The van der Waals surface area contributed by atoms with E-state index in [1.54, 1.807) is 11.8 Å². The fraction of sp³-hybridized carbons (Fsp3) is 0.765. The zero-order chi connectivity index (χ0) is 19.1. The molecule has 0 saturated heterocycles. The fourth-order valence-corrected chi connectivity index (χ4v) is 4.03. The minimum absolute atomic E-state index is 0.414. The lowest BCUT2D eigenvalue weighted by Gasteiger charge is -2.14. The third kappa shape index (κ3) is 38.8. The van der Waals surface area contributed by atoms with Crippen LogP contribution in [0, 0.1) is 0 Å². The second kappa shape index (κ2) is 26.2. The standard InChI is InChI=1S/C14H30OSSi.3CH2O/c1-5-6-7-8-9-11-14(15)16-12-10-13-17(2,3)4;3*1-2/h5-13H2,1-4H3;3*1H2. The number of unbranched alkanes of at least 4 members (excludes halogenated alkanes) is 4. The normalized spacial score (nSPS) is 9.22. The van der Waals surface area contributed by atoms with Crippen molar-refractivity contribution in [3.05, 3.63) is 0 Å². The molecular weight excluding hydrogens is 328 g/mol. The first-order chi connectivity index (χ1) is 11.0. The molecule has 0 aromatic heterocycles. The highest BCUT2D eigenvalue weighted by Gasteiger charge is 2.12. The van der Waals surface area contributed by atoms with Crippen molar-refractivity contribution in [3.63, 3.8) is 0 Å². The van der Waals surface area contributed by atoms with Crippen molar-refractivity contribution in [2.45, 2.75) is 77.6 Å². The molecule has 0 rings (SSSR count). The van der Waals surface area contributed by atoms with Crippen molar-refractivity contribution >= 4 is 45.3 Å². The number of carbonyl (C=O) groups is 4. The quantitative estimate of drug-likeness (QED) is 0.412. The van der Waals surface area contributed by atoms with Gasteiger partial charge in [0, 0.05) is 20.2 Å². The van der Waals surface area contributed by atoms with Crippen LogP contribution in [0.25, 0.3) is 0 Å². The molecule has 0 bridgehead atoms. The Morgan fingerprint density at radius 1 is 0.826 bits per heavy atom. The summed E-state index contributed by atoms with van der Waals surface area (Å²) in [5.74, 6) is 1.04. The summed E-state index contributed by atoms with van der Waals surface area (Å²) in [5, 5.41) is 0.414. The van der Waals surface area contributed by atoms with E-state index in [-0.39, 0.29) is 0 Å². The van der Waals surface area contributed by atoms with Crippen LogP contribution < -0.4 is 0 Å². The summed E-state index contributed by atoms with van der Waals surface area (Å²) in [7, 11) is -0.894. The van der Waals surface area contributed by atoms with E-state index in [1.165, 1.54) is 38.1 Å². The average molecular weight is 365 g/mol. The Morgan fingerprint density at radius 3 is 1.74 bits per heavy atom. The molecule has 0 aromatic carbocycles. The molecule has 0 saturated carbocycles. The minimum Gasteiger partial charge on any atom is -0.307 e. The van der Waals surface area contributed by atoms with Gasteiger partial charge in [-0.15, -0.1) is 0 Å². The number of hydrogen-bond donors (Lipinski definition) is 0. The Hall–Kier alpha value is -0.753. The van der Waals surface area contributed by atoms with Crippen molar-refractivity contribution in [1.29, 1.82) is 0 Å². The summed E-state index contributed by atoms with van der Waals surface area (Å²) in [4.78, 5) is 35.6. The number of hydrogen-bond acceptors (Lipinski definition) is 5. The molecule has 0 N–H and O–H groups in total. The molecular formula is C17H36O4SSi. The van der Waals surface area contributed by atoms with E-state index >= 15 is 0 Å². The number of carbonyl (C=O) groups excluding carboxylic acids is 4. The summed E-state index contributed by atoms with van der Waals surface area (Å²) in [6, 6.07) is 1.35. The topological polar surface area (TPSA) is 68.3 Å². The molecule has 138 valence electrons. The van der Waals surface area contributed by atoms with Crippen LogP contribution in [0.5, 0.6) is 0 Å². The molecule has 0 amide bonds. The Labute approximate surface area is 148 Å². The Kier molecular flexibility index (Phi) is 34.3. The van der Waals surface area contributed by atoms with E-state index in [1.807, 2.05) is 20.4 Å². The summed E-state index contributed by atoms with van der Waals surface area (Å²) in [6.07, 6.45) is 8.24. The van der Waals surface area contributed by atoms with E-state index in [4.69, 9.17) is 14.4 Å². The van der Waals surface area contributed by atoms with Crippen molar-refractivity contribution in [1.82, 2.24) is 0 Å². The molecule has 0 aliphatic carbocycles. The molecule has 0 unspecified atom stereocenters. The first-order valence-corrected chi connectivity index (χ1v) is 12.7. The van der Waals surface area contributed by atoms with E-state index in [0.717, 1.165) is 18.6 Å². The van der Waals surface area contributed by atoms with Gasteiger partial charge >= 0.3 is 0 Å². The highest BCUT2D eigenvalue weighted by atomic mass is 32.2. The SMILES string of the molecule is C=O.C=O.C=O.CCCCCCCC(=O)SCCC[Si](C)(C)C. The zero-order valence-electron chi connectivity index (χ0n) is 15.5.